The molecule has 1 aromatic rings. The van der Waals surface area contributed by atoms with E-state index in [1.54, 1.807) is 0 Å². The van der Waals surface area contributed by atoms with Gasteiger partial charge in [-0.2, -0.15) is 0 Å². The third-order valence-electron chi connectivity index (χ3n) is 4.26. The largest absolute Gasteiger partial charge is 0.493 e. The van der Waals surface area contributed by atoms with Crippen molar-refractivity contribution >= 4 is 5.91 Å². The quantitative estimate of drug-likeness (QED) is 0.925. The Morgan fingerprint density at radius 3 is 2.86 bits per heavy atom. The van der Waals surface area contributed by atoms with Crippen molar-refractivity contribution in [3.63, 3.8) is 0 Å². The number of benzene rings is 1. The lowest BCUT2D eigenvalue weighted by Gasteiger charge is -2.38. The molecular weight excluding hydrogens is 264 g/mol. The van der Waals surface area contributed by atoms with Crippen LogP contribution in [0.15, 0.2) is 18.2 Å². The van der Waals surface area contributed by atoms with E-state index in [0.717, 1.165) is 24.4 Å². The van der Waals surface area contributed by atoms with Crippen molar-refractivity contribution in [2.24, 2.45) is 0 Å². The molecule has 1 aromatic carbocycles. The number of nitrogens with one attached hydrogen (secondary N) is 1. The van der Waals surface area contributed by atoms with Gasteiger partial charge < -0.3 is 15.0 Å². The fraction of sp³-hybridized carbons (Fsp3) is 0.588. The minimum atomic E-state index is 0.181. The van der Waals surface area contributed by atoms with Crippen LogP contribution >= 0.6 is 0 Å². The SMILES string of the molecule is Cc1ccc(OCCC(=O)N2CCNC(C)C2C)c(C)c1. The summed E-state index contributed by atoms with van der Waals surface area (Å²) >= 11 is 0. The number of ether oxygens (including phenoxy) is 1. The second kappa shape index (κ2) is 6.94. The van der Waals surface area contributed by atoms with E-state index < -0.39 is 0 Å². The zero-order chi connectivity index (χ0) is 15.4. The molecule has 0 spiro atoms. The molecule has 0 saturated carbocycles. The lowest BCUT2D eigenvalue weighted by atomic mass is 10.1. The van der Waals surface area contributed by atoms with E-state index in [-0.39, 0.29) is 11.9 Å². The zero-order valence-electron chi connectivity index (χ0n) is 13.5. The summed E-state index contributed by atoms with van der Waals surface area (Å²) in [7, 11) is 0. The van der Waals surface area contributed by atoms with Crippen LogP contribution in [0.5, 0.6) is 5.75 Å². The normalized spacial score (nSPS) is 22.2. The van der Waals surface area contributed by atoms with Crippen molar-refractivity contribution in [1.82, 2.24) is 10.2 Å². The van der Waals surface area contributed by atoms with Crippen LogP contribution in [0.4, 0.5) is 0 Å². The maximum atomic E-state index is 12.3. The molecule has 1 aliphatic heterocycles. The number of amides is 1. The molecule has 1 aliphatic rings. The van der Waals surface area contributed by atoms with Crippen LogP contribution in [0.3, 0.4) is 0 Å². The van der Waals surface area contributed by atoms with E-state index in [0.29, 0.717) is 19.1 Å². The average molecular weight is 290 g/mol. The summed E-state index contributed by atoms with van der Waals surface area (Å²) in [5.74, 6) is 1.05. The monoisotopic (exact) mass is 290 g/mol. The highest BCUT2D eigenvalue weighted by atomic mass is 16.5. The molecule has 1 heterocycles. The number of rotatable bonds is 4. The van der Waals surface area contributed by atoms with Gasteiger partial charge in [0.25, 0.3) is 0 Å². The van der Waals surface area contributed by atoms with Crippen LogP contribution in [-0.4, -0.2) is 42.6 Å². The number of carbonyl (C=O) groups excluding carboxylic acids is 1. The molecular formula is C17H26N2O2. The summed E-state index contributed by atoms with van der Waals surface area (Å²) in [4.78, 5) is 14.3. The molecule has 0 bridgehead atoms. The molecule has 2 unspecified atom stereocenters. The fourth-order valence-electron chi connectivity index (χ4n) is 2.76. The van der Waals surface area contributed by atoms with Crippen LogP contribution in [0, 0.1) is 13.8 Å². The average Bonchev–Trinajstić information content (AvgIpc) is 2.44. The summed E-state index contributed by atoms with van der Waals surface area (Å²) in [6.07, 6.45) is 0.435. The lowest BCUT2D eigenvalue weighted by molar-refractivity contribution is -0.135. The Morgan fingerprint density at radius 1 is 1.38 bits per heavy atom. The standard InChI is InChI=1S/C17H26N2O2/c1-12-5-6-16(13(2)11-12)21-10-7-17(20)19-9-8-18-14(3)15(19)4/h5-6,11,14-15,18H,7-10H2,1-4H3. The number of aryl methyl sites for hydroxylation is 2. The molecule has 4 heteroatoms. The number of piperazine rings is 1. The Bertz CT molecular complexity index is 502. The lowest BCUT2D eigenvalue weighted by Crippen LogP contribution is -2.57. The van der Waals surface area contributed by atoms with Gasteiger partial charge in [0.1, 0.15) is 5.75 Å². The Morgan fingerprint density at radius 2 is 2.14 bits per heavy atom. The van der Waals surface area contributed by atoms with Gasteiger partial charge in [-0.15, -0.1) is 0 Å². The molecule has 116 valence electrons. The van der Waals surface area contributed by atoms with Crippen LogP contribution in [0.1, 0.15) is 31.4 Å². The Hall–Kier alpha value is -1.55. The van der Waals surface area contributed by atoms with Gasteiger partial charge in [0.2, 0.25) is 5.91 Å². The highest BCUT2D eigenvalue weighted by molar-refractivity contribution is 5.76. The summed E-state index contributed by atoms with van der Waals surface area (Å²) in [6.45, 7) is 10.4. The third-order valence-corrected chi connectivity index (χ3v) is 4.26. The third kappa shape index (κ3) is 3.97. The van der Waals surface area contributed by atoms with Crippen molar-refractivity contribution in [3.8, 4) is 5.75 Å². The van der Waals surface area contributed by atoms with Crippen molar-refractivity contribution in [2.45, 2.75) is 46.2 Å². The number of hydrogen-bond donors (Lipinski definition) is 1. The van der Waals surface area contributed by atoms with Crippen molar-refractivity contribution < 1.29 is 9.53 Å². The fourth-order valence-corrected chi connectivity index (χ4v) is 2.76. The maximum absolute atomic E-state index is 12.3. The van der Waals surface area contributed by atoms with Gasteiger partial charge in [-0.05, 0) is 39.3 Å². The van der Waals surface area contributed by atoms with E-state index in [1.165, 1.54) is 5.56 Å². The smallest absolute Gasteiger partial charge is 0.226 e. The van der Waals surface area contributed by atoms with Gasteiger partial charge in [0.05, 0.1) is 13.0 Å². The van der Waals surface area contributed by atoms with Gasteiger partial charge in [0, 0.05) is 25.2 Å². The molecule has 21 heavy (non-hydrogen) atoms. The predicted molar refractivity (Wildman–Crippen MR) is 84.7 cm³/mol. The molecule has 1 N–H and O–H groups in total. The van der Waals surface area contributed by atoms with Crippen LogP contribution in [-0.2, 0) is 4.79 Å². The molecule has 1 fully saturated rings. The second-order valence-corrected chi connectivity index (χ2v) is 5.94. The second-order valence-electron chi connectivity index (χ2n) is 5.94. The molecule has 0 aromatic heterocycles. The molecule has 1 saturated heterocycles. The first-order valence-electron chi connectivity index (χ1n) is 7.72. The summed E-state index contributed by atoms with van der Waals surface area (Å²) in [5, 5.41) is 3.39. The van der Waals surface area contributed by atoms with E-state index >= 15 is 0 Å². The predicted octanol–water partition coefficient (Wildman–Crippen LogP) is 2.28. The minimum absolute atomic E-state index is 0.181. The molecule has 1 amide bonds. The molecule has 2 atom stereocenters. The molecule has 2 rings (SSSR count). The van der Waals surface area contributed by atoms with Crippen LogP contribution < -0.4 is 10.1 Å². The Balaban J connectivity index is 1.84. The Kier molecular flexibility index (Phi) is 5.23. The highest BCUT2D eigenvalue weighted by Gasteiger charge is 2.27. The number of hydrogen-bond acceptors (Lipinski definition) is 3. The first-order chi connectivity index (χ1) is 9.99. The highest BCUT2D eigenvalue weighted by Crippen LogP contribution is 2.19. The molecule has 4 nitrogen and oxygen atoms in total. The topological polar surface area (TPSA) is 41.6 Å². The number of nitrogens with zero attached hydrogens (tertiary/aromatic N) is 1. The zero-order valence-corrected chi connectivity index (χ0v) is 13.5. The van der Waals surface area contributed by atoms with E-state index in [1.807, 2.05) is 24.0 Å². The first kappa shape index (κ1) is 15.8. The van der Waals surface area contributed by atoms with Crippen LogP contribution in [0.25, 0.3) is 0 Å². The van der Waals surface area contributed by atoms with Gasteiger partial charge in [0.15, 0.2) is 0 Å². The van der Waals surface area contributed by atoms with Crippen molar-refractivity contribution in [2.75, 3.05) is 19.7 Å². The van der Waals surface area contributed by atoms with Crippen LogP contribution in [0.2, 0.25) is 0 Å². The van der Waals surface area contributed by atoms with Crippen molar-refractivity contribution in [3.05, 3.63) is 29.3 Å². The van der Waals surface area contributed by atoms with Crippen molar-refractivity contribution in [1.29, 1.82) is 0 Å². The molecule has 0 radical (unpaired) electrons. The first-order valence-corrected chi connectivity index (χ1v) is 7.72. The summed E-state index contributed by atoms with van der Waals surface area (Å²) in [6, 6.07) is 6.70. The van der Waals surface area contributed by atoms with E-state index in [9.17, 15) is 4.79 Å². The maximum Gasteiger partial charge on any atom is 0.226 e. The summed E-state index contributed by atoms with van der Waals surface area (Å²) < 4.78 is 5.75. The Labute approximate surface area is 127 Å². The van der Waals surface area contributed by atoms with Gasteiger partial charge >= 0.3 is 0 Å². The van der Waals surface area contributed by atoms with Gasteiger partial charge in [-0.1, -0.05) is 17.7 Å². The summed E-state index contributed by atoms with van der Waals surface area (Å²) in [5.41, 5.74) is 2.34. The van der Waals surface area contributed by atoms with Gasteiger partial charge in [-0.25, -0.2) is 0 Å². The number of carbonyl (C=O) groups is 1. The minimum Gasteiger partial charge on any atom is -0.493 e. The molecule has 0 aliphatic carbocycles. The van der Waals surface area contributed by atoms with Gasteiger partial charge in [-0.3, -0.25) is 4.79 Å². The van der Waals surface area contributed by atoms with E-state index in [4.69, 9.17) is 4.74 Å². The van der Waals surface area contributed by atoms with E-state index in [2.05, 4.69) is 32.2 Å².